The molecule has 79 heavy (non-hydrogen) atoms. The van der Waals surface area contributed by atoms with Gasteiger partial charge in [0.15, 0.2) is 0 Å². The smallest absolute Gasteiger partial charge is 0.258 e. The van der Waals surface area contributed by atoms with Crippen LogP contribution in [0.2, 0.25) is 0 Å². The first-order valence-electron chi connectivity index (χ1n) is 26.8. The van der Waals surface area contributed by atoms with E-state index < -0.39 is 56.8 Å². The van der Waals surface area contributed by atoms with Gasteiger partial charge in [-0.25, -0.2) is 49.5 Å². The van der Waals surface area contributed by atoms with Gasteiger partial charge in [-0.15, -0.1) is 0 Å². The van der Waals surface area contributed by atoms with Crippen LogP contribution in [0.25, 0.3) is 0 Å². The molecule has 18 nitrogen and oxygen atoms in total. The number of piperidine rings is 4. The number of hydrogen-bond acceptors (Lipinski definition) is 14. The molecule has 7 N–H and O–H groups in total. The molecule has 25 heteroatoms. The number of anilines is 7. The summed E-state index contributed by atoms with van der Waals surface area (Å²) in [6.45, 7) is 7.21. The fraction of sp³-hybridized carbons (Fsp3) is 0.556. The van der Waals surface area contributed by atoms with Crippen molar-refractivity contribution in [2.24, 2.45) is 16.0 Å². The second-order valence-electron chi connectivity index (χ2n) is 22.0. The van der Waals surface area contributed by atoms with Crippen molar-refractivity contribution < 1.29 is 54.2 Å². The number of carbonyl (C=O) groups is 2. The van der Waals surface area contributed by atoms with Crippen LogP contribution in [-0.4, -0.2) is 138 Å². The fourth-order valence-electron chi connectivity index (χ4n) is 10.5. The SMILES string of the molecule is Cc1cc(NC(=O)c2ccc(Br)cc2N2CCC3(CC2)CC3)nc(N2CCC(F)(F)CC2)c1.Cc1cc(NC(=O)c2ccc(NS(=O)(=O)CCO)cc2N2CCC3(CC2)CC3)nc(N2CCC(F)(F)CC2)c1.NS(=O)(=O)CCO. The summed E-state index contributed by atoms with van der Waals surface area (Å²) in [7, 11) is -7.15. The van der Waals surface area contributed by atoms with E-state index in [4.69, 9.17) is 10.2 Å². The minimum Gasteiger partial charge on any atom is -0.395 e. The number of aromatic nitrogens is 2. The van der Waals surface area contributed by atoms with Crippen molar-refractivity contribution in [2.45, 2.75) is 103 Å². The van der Waals surface area contributed by atoms with E-state index in [0.29, 0.717) is 56.6 Å². The summed E-state index contributed by atoms with van der Waals surface area (Å²) < 4.78 is 102. The standard InChI is InChI=1S/C27H35F2N5O4S.C25H29BrF2N4O.C2H7NO3S/c1-19-16-23(30-24(17-19)34-12-8-27(28,29)9-13-34)31-25(36)21-3-2-20(32-39(37,38)15-14-35)18-22(21)33-10-6-26(4-5-26)7-11-33;1-17-14-21(29-22(15-17)32-12-8-25(27,28)9-13-32)30-23(33)19-3-2-18(26)16-20(19)31-10-6-24(4-5-24)7-11-31;3-7(5,6)2-1-4/h2-3,16-18,32,35H,4-15H2,1H3,(H,30,31,36);2-3,14-16H,4-13H2,1H3,(H,29,30,33);4H,1-2H2,(H2,3,5,6). The first-order chi connectivity index (χ1) is 37.2. The van der Waals surface area contributed by atoms with E-state index in [0.717, 1.165) is 60.3 Å². The molecule has 432 valence electrons. The maximum atomic E-state index is 13.6. The largest absolute Gasteiger partial charge is 0.395 e. The van der Waals surface area contributed by atoms with Gasteiger partial charge in [0.25, 0.3) is 23.7 Å². The number of primary sulfonamides is 1. The predicted molar refractivity (Wildman–Crippen MR) is 303 cm³/mol. The highest BCUT2D eigenvalue weighted by molar-refractivity contribution is 9.10. The number of rotatable bonds is 14. The molecule has 6 fully saturated rings. The van der Waals surface area contributed by atoms with E-state index in [2.05, 4.69) is 56.2 Å². The number of halogens is 5. The lowest BCUT2D eigenvalue weighted by atomic mass is 9.93. The highest BCUT2D eigenvalue weighted by atomic mass is 79.9. The number of aryl methyl sites for hydroxylation is 2. The zero-order valence-electron chi connectivity index (χ0n) is 44.6. The van der Waals surface area contributed by atoms with Crippen molar-refractivity contribution in [2.75, 3.05) is 112 Å². The van der Waals surface area contributed by atoms with Crippen molar-refractivity contribution in [1.82, 2.24) is 9.97 Å². The zero-order chi connectivity index (χ0) is 57.0. The lowest BCUT2D eigenvalue weighted by molar-refractivity contribution is -0.0227. The van der Waals surface area contributed by atoms with Crippen LogP contribution in [0.5, 0.6) is 0 Å². The molecule has 0 bridgehead atoms. The number of carbonyl (C=O) groups excluding carboxylic acids is 2. The third kappa shape index (κ3) is 16.6. The average Bonchev–Trinajstić information content (AvgIpc) is 4.33. The Labute approximate surface area is 468 Å². The van der Waals surface area contributed by atoms with E-state index in [1.807, 2.05) is 55.1 Å². The number of aliphatic hydroxyl groups excluding tert-OH is 2. The number of nitrogens with two attached hydrogens (primary N) is 1. The normalized spacial score (nSPS) is 19.8. The molecule has 0 atom stereocenters. The van der Waals surface area contributed by atoms with Gasteiger partial charge in [-0.3, -0.25) is 14.3 Å². The molecule has 6 aliphatic rings. The van der Waals surface area contributed by atoms with Crippen LogP contribution in [0.1, 0.15) is 109 Å². The van der Waals surface area contributed by atoms with Crippen LogP contribution in [0.3, 0.4) is 0 Å². The van der Waals surface area contributed by atoms with Crippen LogP contribution in [-0.2, 0) is 20.0 Å². The average molecular weight is 1210 g/mol. The molecule has 6 heterocycles. The monoisotopic (exact) mass is 1210 g/mol. The summed E-state index contributed by atoms with van der Waals surface area (Å²) in [5.74, 6) is -4.72. The van der Waals surface area contributed by atoms with Crippen LogP contribution in [0.15, 0.2) is 65.1 Å². The van der Waals surface area contributed by atoms with E-state index in [-0.39, 0.29) is 63.5 Å². The number of amides is 2. The van der Waals surface area contributed by atoms with E-state index in [1.54, 1.807) is 23.1 Å². The molecular weight excluding hydrogens is 1140 g/mol. The number of benzene rings is 2. The Morgan fingerprint density at radius 3 is 1.34 bits per heavy atom. The summed E-state index contributed by atoms with van der Waals surface area (Å²) >= 11 is 3.56. The first kappa shape index (κ1) is 59.8. The van der Waals surface area contributed by atoms with Crippen molar-refractivity contribution in [3.63, 3.8) is 0 Å². The fourth-order valence-corrected chi connectivity index (χ4v) is 12.0. The van der Waals surface area contributed by atoms with Gasteiger partial charge in [-0.05, 0) is 148 Å². The molecule has 2 spiro atoms. The van der Waals surface area contributed by atoms with Crippen molar-refractivity contribution in [3.05, 3.63) is 87.4 Å². The highest BCUT2D eigenvalue weighted by Gasteiger charge is 2.46. The topological polar surface area (TPSA) is 244 Å². The molecule has 2 aromatic carbocycles. The molecule has 2 aliphatic carbocycles. The van der Waals surface area contributed by atoms with Gasteiger partial charge in [0.05, 0.1) is 52.9 Å². The number of pyridine rings is 2. The summed E-state index contributed by atoms with van der Waals surface area (Å²) in [5.41, 5.74) is 5.62. The molecule has 4 saturated heterocycles. The molecule has 2 saturated carbocycles. The minimum absolute atomic E-state index is 0.177. The maximum absolute atomic E-state index is 13.6. The molecular formula is C54H71BrF4N10O8S2. The maximum Gasteiger partial charge on any atom is 0.258 e. The van der Waals surface area contributed by atoms with Crippen molar-refractivity contribution in [3.8, 4) is 0 Å². The lowest BCUT2D eigenvalue weighted by Crippen LogP contribution is -2.39. The summed E-state index contributed by atoms with van der Waals surface area (Å²) in [4.78, 5) is 44.1. The van der Waals surface area contributed by atoms with Gasteiger partial charge in [-0.2, -0.15) is 0 Å². The third-order valence-corrected chi connectivity index (χ3v) is 18.2. The molecule has 10 rings (SSSR count). The molecule has 0 unspecified atom stereocenters. The number of nitrogens with zero attached hydrogens (tertiary/aromatic N) is 6. The zero-order valence-corrected chi connectivity index (χ0v) is 47.8. The van der Waals surface area contributed by atoms with Gasteiger partial charge in [0.1, 0.15) is 23.3 Å². The van der Waals surface area contributed by atoms with Gasteiger partial charge in [-0.1, -0.05) is 15.9 Å². The third-order valence-electron chi connectivity index (χ3n) is 15.7. The van der Waals surface area contributed by atoms with Gasteiger partial charge < -0.3 is 40.4 Å². The number of hydrogen-bond donors (Lipinski definition) is 6. The van der Waals surface area contributed by atoms with Crippen molar-refractivity contribution in [1.29, 1.82) is 0 Å². The van der Waals surface area contributed by atoms with Crippen LogP contribution in [0, 0.1) is 24.7 Å². The second-order valence-corrected chi connectivity index (χ2v) is 26.5. The van der Waals surface area contributed by atoms with Crippen LogP contribution in [0.4, 0.5) is 57.9 Å². The first-order valence-corrected chi connectivity index (χ1v) is 30.9. The number of nitrogens with one attached hydrogen (secondary N) is 3. The molecule has 2 aromatic heterocycles. The minimum atomic E-state index is -3.73. The molecule has 0 radical (unpaired) electrons. The quantitative estimate of drug-likeness (QED) is 0.0651. The van der Waals surface area contributed by atoms with Crippen LogP contribution < -0.4 is 40.1 Å². The van der Waals surface area contributed by atoms with Gasteiger partial charge in [0.2, 0.25) is 20.0 Å². The summed E-state index contributed by atoms with van der Waals surface area (Å²) in [6.07, 6.45) is 8.70. The number of sulfonamides is 2. The Morgan fingerprint density at radius 2 is 0.962 bits per heavy atom. The van der Waals surface area contributed by atoms with E-state index >= 15 is 0 Å². The Kier molecular flexibility index (Phi) is 18.5. The second kappa shape index (κ2) is 24.4. The van der Waals surface area contributed by atoms with Crippen LogP contribution >= 0.6 is 15.9 Å². The Balaban J connectivity index is 0.000000188. The molecule has 2 amide bonds. The van der Waals surface area contributed by atoms with Gasteiger partial charge in [0, 0.05) is 82.5 Å². The highest BCUT2D eigenvalue weighted by Crippen LogP contribution is 2.55. The van der Waals surface area contributed by atoms with E-state index in [1.165, 1.54) is 44.6 Å². The van der Waals surface area contributed by atoms with Gasteiger partial charge >= 0.3 is 0 Å². The number of aliphatic hydroxyl groups is 2. The Hall–Kier alpha value is -5.34. The molecule has 4 aromatic rings. The summed E-state index contributed by atoms with van der Waals surface area (Å²) in [6, 6.07) is 17.8. The van der Waals surface area contributed by atoms with Crippen molar-refractivity contribution >= 4 is 88.1 Å². The summed E-state index contributed by atoms with van der Waals surface area (Å²) in [5, 5.41) is 27.3. The Morgan fingerprint density at radius 1 is 0.570 bits per heavy atom. The van der Waals surface area contributed by atoms with E-state index in [9.17, 15) is 44.0 Å². The lowest BCUT2D eigenvalue weighted by Gasteiger charge is -2.35. The predicted octanol–water partition coefficient (Wildman–Crippen LogP) is 8.28. The molecule has 4 aliphatic heterocycles. The Bertz CT molecular complexity index is 3060. The number of alkyl halides is 4.